The molecule has 8 nitrogen and oxygen atoms in total. The van der Waals surface area contributed by atoms with E-state index in [0.717, 1.165) is 17.7 Å². The Morgan fingerprint density at radius 1 is 1.26 bits per heavy atom. The highest BCUT2D eigenvalue weighted by Gasteiger charge is 2.44. The molecule has 1 atom stereocenters. The molecule has 0 spiro atoms. The summed E-state index contributed by atoms with van der Waals surface area (Å²) in [6.45, 7) is 3.71. The fourth-order valence-corrected chi connectivity index (χ4v) is 4.58. The van der Waals surface area contributed by atoms with E-state index in [2.05, 4.69) is 11.9 Å². The van der Waals surface area contributed by atoms with Gasteiger partial charge < -0.3 is 14.6 Å². The van der Waals surface area contributed by atoms with Gasteiger partial charge in [-0.05, 0) is 36.8 Å². The third-order valence-corrected chi connectivity index (χ3v) is 6.23. The molecule has 2 aliphatic heterocycles. The maximum absolute atomic E-state index is 13.1. The van der Waals surface area contributed by atoms with Crippen LogP contribution < -0.4 is 24.2 Å². The molecular formula is C22H20N4O4S. The summed E-state index contributed by atoms with van der Waals surface area (Å²) in [7, 11) is 0. The van der Waals surface area contributed by atoms with Crippen molar-refractivity contribution in [2.24, 2.45) is 0 Å². The van der Waals surface area contributed by atoms with Gasteiger partial charge >= 0.3 is 0 Å². The second-order valence-corrected chi connectivity index (χ2v) is 8.30. The number of hydrogen-bond acceptors (Lipinski definition) is 7. The van der Waals surface area contributed by atoms with Gasteiger partial charge in [0, 0.05) is 23.3 Å². The number of anilines is 1. The molecule has 1 unspecified atom stereocenters. The molecule has 5 rings (SSSR count). The molecule has 3 aromatic rings. The van der Waals surface area contributed by atoms with Gasteiger partial charge in [-0.1, -0.05) is 35.5 Å². The molecule has 0 saturated carbocycles. The van der Waals surface area contributed by atoms with Crippen molar-refractivity contribution in [3.63, 3.8) is 0 Å². The molecule has 0 N–H and O–H groups in total. The van der Waals surface area contributed by atoms with Crippen molar-refractivity contribution in [1.82, 2.24) is 10.1 Å². The highest BCUT2D eigenvalue weighted by Crippen LogP contribution is 2.42. The Balaban J connectivity index is 1.76. The standard InChI is InChI=1S/C22H20N4O4S/c1-3-10-31-22-23-20(28)19-15-6-4-5-7-16(15)25(13(2)27)21(26(19)24-22)14-8-9-17-18(11-14)30-12-29-17/h4-9,11,21H,3,10,12H2,1-2H3. The summed E-state index contributed by atoms with van der Waals surface area (Å²) in [6, 6.07) is 12.8. The first-order valence-electron chi connectivity index (χ1n) is 10.0. The lowest BCUT2D eigenvalue weighted by Crippen LogP contribution is -2.58. The zero-order chi connectivity index (χ0) is 21.5. The van der Waals surface area contributed by atoms with Gasteiger partial charge in [-0.25, -0.2) is 9.88 Å². The van der Waals surface area contributed by atoms with E-state index in [-0.39, 0.29) is 18.6 Å². The second kappa shape index (κ2) is 7.73. The van der Waals surface area contributed by atoms with Crippen LogP contribution in [0.4, 0.5) is 5.69 Å². The van der Waals surface area contributed by atoms with E-state index in [4.69, 9.17) is 14.6 Å². The minimum absolute atomic E-state index is 0.150. The van der Waals surface area contributed by atoms with Crippen LogP contribution in [0.3, 0.4) is 0 Å². The number of amides is 1. The Kier molecular flexibility index (Phi) is 4.90. The monoisotopic (exact) mass is 436 g/mol. The molecular weight excluding hydrogens is 416 g/mol. The zero-order valence-corrected chi connectivity index (χ0v) is 17.9. The maximum atomic E-state index is 13.1. The number of benzene rings is 2. The van der Waals surface area contributed by atoms with Crippen LogP contribution in [0, 0.1) is 0 Å². The number of rotatable bonds is 4. The summed E-state index contributed by atoms with van der Waals surface area (Å²) in [6.07, 6.45) is 0.270. The summed E-state index contributed by atoms with van der Waals surface area (Å²) in [5.41, 5.74) is 2.39. The van der Waals surface area contributed by atoms with E-state index >= 15 is 0 Å². The average molecular weight is 436 g/mol. The van der Waals surface area contributed by atoms with Crippen LogP contribution >= 0.6 is 11.8 Å². The Hall–Kier alpha value is -3.33. The summed E-state index contributed by atoms with van der Waals surface area (Å²) in [5, 5.41) is 18.2. The Labute approximate surface area is 183 Å². The van der Waals surface area contributed by atoms with E-state index in [1.54, 1.807) is 9.58 Å². The first-order chi connectivity index (χ1) is 15.1. The van der Waals surface area contributed by atoms with Gasteiger partial charge in [0.25, 0.3) is 17.0 Å². The summed E-state index contributed by atoms with van der Waals surface area (Å²) in [4.78, 5) is 18.7. The van der Waals surface area contributed by atoms with Crippen molar-refractivity contribution in [2.45, 2.75) is 31.6 Å². The first-order valence-corrected chi connectivity index (χ1v) is 11.0. The highest BCUT2D eigenvalue weighted by atomic mass is 32.2. The first kappa shape index (κ1) is 19.6. The van der Waals surface area contributed by atoms with Crippen molar-refractivity contribution < 1.29 is 24.1 Å². The molecule has 0 fully saturated rings. The molecule has 0 aliphatic carbocycles. The van der Waals surface area contributed by atoms with Crippen LogP contribution in [0.25, 0.3) is 11.3 Å². The quantitative estimate of drug-likeness (QED) is 0.459. The van der Waals surface area contributed by atoms with Crippen LogP contribution in [-0.4, -0.2) is 28.5 Å². The highest BCUT2D eigenvalue weighted by molar-refractivity contribution is 7.99. The van der Waals surface area contributed by atoms with Gasteiger partial charge in [0.1, 0.15) is 0 Å². The van der Waals surface area contributed by atoms with Crippen LogP contribution in [0.1, 0.15) is 32.0 Å². The van der Waals surface area contributed by atoms with E-state index in [9.17, 15) is 9.90 Å². The molecule has 9 heteroatoms. The molecule has 2 aliphatic rings. The third kappa shape index (κ3) is 3.25. The van der Waals surface area contributed by atoms with Crippen LogP contribution in [-0.2, 0) is 4.79 Å². The fourth-order valence-electron chi connectivity index (χ4n) is 3.90. The van der Waals surface area contributed by atoms with E-state index < -0.39 is 6.17 Å². The molecule has 1 aromatic heterocycles. The average Bonchev–Trinajstić information content (AvgIpc) is 3.24. The molecule has 158 valence electrons. The van der Waals surface area contributed by atoms with Gasteiger partial charge in [-0.2, -0.15) is 0 Å². The van der Waals surface area contributed by atoms with Gasteiger partial charge in [-0.15, -0.1) is 0 Å². The number of nitrogens with zero attached hydrogens (tertiary/aromatic N) is 4. The molecule has 0 bridgehead atoms. The second-order valence-electron chi connectivity index (χ2n) is 7.23. The number of hydrogen-bond donors (Lipinski definition) is 0. The number of ether oxygens (including phenoxy) is 2. The Bertz CT molecular complexity index is 1190. The normalized spacial score (nSPS) is 16.1. The number of thioether (sulfide) groups is 1. The van der Waals surface area contributed by atoms with Gasteiger partial charge in [0.15, 0.2) is 11.5 Å². The van der Waals surface area contributed by atoms with Crippen LogP contribution in [0.5, 0.6) is 17.4 Å². The van der Waals surface area contributed by atoms with Gasteiger partial charge in [0.2, 0.25) is 12.7 Å². The topological polar surface area (TPSA) is 91.5 Å². The van der Waals surface area contributed by atoms with Crippen molar-refractivity contribution in [1.29, 1.82) is 0 Å². The molecule has 0 radical (unpaired) electrons. The largest absolute Gasteiger partial charge is 0.854 e. The van der Waals surface area contributed by atoms with Crippen molar-refractivity contribution >= 4 is 23.4 Å². The maximum Gasteiger partial charge on any atom is 0.293 e. The molecule has 2 aromatic carbocycles. The lowest BCUT2D eigenvalue weighted by Gasteiger charge is -2.32. The van der Waals surface area contributed by atoms with Crippen molar-refractivity contribution in [3.05, 3.63) is 48.0 Å². The SMILES string of the molecule is CCCSc1nc([O-])c2[n+](n1)C(c1ccc3c(c1)OCO3)N(C(C)=O)c1ccccc1-2. The smallest absolute Gasteiger partial charge is 0.293 e. The van der Waals surface area contributed by atoms with E-state index in [0.29, 0.717) is 33.6 Å². The van der Waals surface area contributed by atoms with E-state index in [1.165, 1.54) is 18.7 Å². The minimum atomic E-state index is -0.659. The van der Waals surface area contributed by atoms with Gasteiger partial charge in [-0.3, -0.25) is 4.79 Å². The number of carbonyl (C=O) groups is 1. The number of carbonyl (C=O) groups excluding carboxylic acids is 1. The zero-order valence-electron chi connectivity index (χ0n) is 17.1. The number of aromatic nitrogens is 3. The molecule has 0 saturated heterocycles. The Morgan fingerprint density at radius 3 is 2.87 bits per heavy atom. The van der Waals surface area contributed by atoms with Crippen molar-refractivity contribution in [3.8, 4) is 28.6 Å². The number of fused-ring (bicyclic) bond motifs is 4. The fraction of sp³-hybridized carbons (Fsp3) is 0.273. The van der Waals surface area contributed by atoms with Crippen molar-refractivity contribution in [2.75, 3.05) is 17.4 Å². The minimum Gasteiger partial charge on any atom is -0.854 e. The lowest BCUT2D eigenvalue weighted by molar-refractivity contribution is -0.764. The predicted octanol–water partition coefficient (Wildman–Crippen LogP) is 2.65. The molecule has 3 heterocycles. The Morgan fingerprint density at radius 2 is 2.06 bits per heavy atom. The summed E-state index contributed by atoms with van der Waals surface area (Å²) in [5.74, 6) is 1.50. The molecule has 1 amide bonds. The lowest BCUT2D eigenvalue weighted by atomic mass is 10.0. The summed E-state index contributed by atoms with van der Waals surface area (Å²) >= 11 is 1.42. The van der Waals surface area contributed by atoms with Crippen LogP contribution in [0.15, 0.2) is 47.6 Å². The predicted molar refractivity (Wildman–Crippen MR) is 112 cm³/mol. The summed E-state index contributed by atoms with van der Waals surface area (Å²) < 4.78 is 12.6. The van der Waals surface area contributed by atoms with Gasteiger partial charge in [0.05, 0.1) is 17.1 Å². The third-order valence-electron chi connectivity index (χ3n) is 5.19. The van der Waals surface area contributed by atoms with Crippen LogP contribution in [0.2, 0.25) is 0 Å². The van der Waals surface area contributed by atoms with E-state index in [1.807, 2.05) is 42.5 Å². The molecule has 31 heavy (non-hydrogen) atoms. The number of para-hydroxylation sites is 1.